The summed E-state index contributed by atoms with van der Waals surface area (Å²) in [5.41, 5.74) is 14.5. The number of furan rings is 3. The lowest BCUT2D eigenvalue weighted by molar-refractivity contribution is 0.0533. The third kappa shape index (κ3) is 17.1. The van der Waals surface area contributed by atoms with E-state index in [1.807, 2.05) is 34.9 Å². The predicted octanol–water partition coefficient (Wildman–Crippen LogP) is 19.0. The average molecular weight is 2040 g/mol. The van der Waals surface area contributed by atoms with Crippen LogP contribution in [0.2, 0.25) is 0 Å². The van der Waals surface area contributed by atoms with E-state index in [0.29, 0.717) is 192 Å². The number of alkyl halides is 2. The minimum atomic E-state index is -3.78. The molecule has 146 heavy (non-hydrogen) atoms. The number of carbonyl (C=O) groups excluding carboxylic acids is 3. The number of aromatic nitrogens is 6. The van der Waals surface area contributed by atoms with Crippen LogP contribution in [0.3, 0.4) is 0 Å². The van der Waals surface area contributed by atoms with E-state index >= 15 is 8.78 Å². The van der Waals surface area contributed by atoms with Crippen LogP contribution in [0.5, 0.6) is 0 Å². The zero-order valence-electron chi connectivity index (χ0n) is 79.8. The minimum Gasteiger partial charge on any atom is -0.455 e. The van der Waals surface area contributed by atoms with Gasteiger partial charge in [-0.25, -0.2) is 75.3 Å². The number of amides is 3. The number of hydrogen-bond acceptors (Lipinski definition) is 18. The van der Waals surface area contributed by atoms with Crippen molar-refractivity contribution in [3.05, 3.63) is 287 Å². The number of anilines is 3. The average Bonchev–Trinajstić information content (AvgIpc) is 1.60. The van der Waals surface area contributed by atoms with Crippen molar-refractivity contribution in [2.45, 2.75) is 49.7 Å². The van der Waals surface area contributed by atoms with Crippen LogP contribution in [0.1, 0.15) is 65.9 Å². The summed E-state index contributed by atoms with van der Waals surface area (Å²) in [5, 5.41) is 20.7. The Morgan fingerprint density at radius 3 is 0.911 bits per heavy atom. The molecule has 5 aliphatic rings. The van der Waals surface area contributed by atoms with Gasteiger partial charge in [-0.2, -0.15) is 0 Å². The summed E-state index contributed by atoms with van der Waals surface area (Å²) in [6.45, 7) is 2.46. The summed E-state index contributed by atoms with van der Waals surface area (Å²) in [5.74, 6) is -3.24. The number of aliphatic hydroxyl groups is 1. The van der Waals surface area contributed by atoms with Crippen LogP contribution in [0, 0.1) is 34.9 Å². The summed E-state index contributed by atoms with van der Waals surface area (Å²) in [6, 6.07) is 56.8. The number of halogens is 8. The topological polar surface area (TPSA) is 319 Å². The molecule has 3 unspecified atom stereocenters. The molecule has 5 aliphatic heterocycles. The second-order valence-electron chi connectivity index (χ2n) is 37.2. The van der Waals surface area contributed by atoms with Gasteiger partial charge in [-0.1, -0.05) is 36.4 Å². The highest BCUT2D eigenvalue weighted by Gasteiger charge is 2.40. The number of nitrogens with zero attached hydrogens (tertiary/aromatic N) is 11. The van der Waals surface area contributed by atoms with Crippen LogP contribution in [0.25, 0.3) is 168 Å². The van der Waals surface area contributed by atoms with E-state index in [2.05, 4.69) is 34.9 Å². The fourth-order valence-corrected chi connectivity index (χ4v) is 22.1. The van der Waals surface area contributed by atoms with Gasteiger partial charge in [0.2, 0.25) is 30.1 Å². The Hall–Kier alpha value is -15.4. The van der Waals surface area contributed by atoms with Gasteiger partial charge in [0.05, 0.1) is 145 Å². The molecule has 2 fully saturated rings. The zero-order valence-corrected chi connectivity index (χ0v) is 82.2. The molecule has 4 N–H and O–H groups in total. The van der Waals surface area contributed by atoms with E-state index in [4.69, 9.17) is 28.2 Å². The molecule has 9 aromatic carbocycles. The molecule has 0 aliphatic carbocycles. The van der Waals surface area contributed by atoms with Crippen molar-refractivity contribution in [3.63, 3.8) is 0 Å². The SMILES string of the molecule is CNC(=O)c1c(-c2ccc(F)cc2)oc2cc(N(C)S(C)(=O)=O)c(-c3ccc4c(n3)-c3cc5c(F)cccc5n3C(CN3CC(F)C3)C4)cc12.CNC(=O)c1c(-c2ccc(F)cc2)oc2cc(N(C)S(C)(=O)=O)c(-c3ccc4c(n3)-c3cc5c(F)cccc5n3C(CN3CC(F)C3)C4)cc12.CNC(=O)c1c(-c2ccc(F)cc2)oc2cc(N(C)S(C)(=O)=O)c(-c3ccc4c(n3)-c3cc5c(F)cccc5n3C(CO)C4)cc12. The number of fused-ring (bicyclic) bond motifs is 18. The molecule has 27 nitrogen and oxygen atoms in total. The van der Waals surface area contributed by atoms with Crippen LogP contribution in [-0.4, -0.2) is 206 Å². The van der Waals surface area contributed by atoms with Gasteiger partial charge < -0.3 is 48.0 Å². The van der Waals surface area contributed by atoms with Crippen molar-refractivity contribution < 1.29 is 93.1 Å². The Morgan fingerprint density at radius 1 is 0.377 bits per heavy atom. The fraction of sp³-hybridized carbons (Fsp3) is 0.222. The van der Waals surface area contributed by atoms with Crippen LogP contribution < -0.4 is 28.9 Å². The smallest absolute Gasteiger partial charge is 0.255 e. The maximum absolute atomic E-state index is 15.2. The third-order valence-corrected chi connectivity index (χ3v) is 31.6. The van der Waals surface area contributed by atoms with Crippen LogP contribution in [0.4, 0.5) is 52.2 Å². The lowest BCUT2D eigenvalue weighted by atomic mass is 9.95. The van der Waals surface area contributed by atoms with Crippen molar-refractivity contribution >= 4 is 130 Å². The molecule has 746 valence electrons. The number of aliphatic hydroxyl groups excluding tert-OH is 1. The molecule has 0 spiro atoms. The Kier molecular flexibility index (Phi) is 24.6. The highest BCUT2D eigenvalue weighted by atomic mass is 32.2. The largest absolute Gasteiger partial charge is 0.455 e. The van der Waals surface area contributed by atoms with Crippen LogP contribution >= 0.6 is 0 Å². The quantitative estimate of drug-likeness (QED) is 0.0515. The van der Waals surface area contributed by atoms with Crippen molar-refractivity contribution in [2.24, 2.45) is 0 Å². The zero-order chi connectivity index (χ0) is 103. The van der Waals surface area contributed by atoms with E-state index in [-0.39, 0.29) is 104 Å². The molecular weight excluding hydrogens is 1950 g/mol. The number of nitrogens with one attached hydrogen (secondary N) is 3. The molecule has 2 saturated heterocycles. The van der Waals surface area contributed by atoms with Gasteiger partial charge in [0.1, 0.15) is 81.3 Å². The fourth-order valence-electron chi connectivity index (χ4n) is 20.6. The Labute approximate surface area is 831 Å². The summed E-state index contributed by atoms with van der Waals surface area (Å²) in [7, 11) is -2.61. The van der Waals surface area contributed by atoms with Gasteiger partial charge in [0, 0.05) is 165 Å². The molecule has 3 atom stereocenters. The van der Waals surface area contributed by atoms with Gasteiger partial charge in [-0.3, -0.25) is 37.1 Å². The maximum atomic E-state index is 15.2. The second-order valence-corrected chi connectivity index (χ2v) is 43.2. The van der Waals surface area contributed by atoms with Crippen molar-refractivity contribution in [1.29, 1.82) is 0 Å². The molecule has 14 heterocycles. The van der Waals surface area contributed by atoms with E-state index in [0.717, 1.165) is 48.4 Å². The summed E-state index contributed by atoms with van der Waals surface area (Å²) in [4.78, 5) is 59.2. The molecule has 9 aromatic heterocycles. The Bertz CT molecular complexity index is 8480. The molecular formula is C108H92F8N14O13S3. The van der Waals surface area contributed by atoms with Gasteiger partial charge in [0.15, 0.2) is 0 Å². The lowest BCUT2D eigenvalue weighted by Crippen LogP contribution is -2.50. The molecule has 18 aromatic rings. The first-order valence-electron chi connectivity index (χ1n) is 46.6. The van der Waals surface area contributed by atoms with Gasteiger partial charge in [0.25, 0.3) is 17.7 Å². The maximum Gasteiger partial charge on any atom is 0.255 e. The first-order valence-corrected chi connectivity index (χ1v) is 52.2. The molecule has 23 rings (SSSR count). The first-order chi connectivity index (χ1) is 69.8. The number of pyridine rings is 3. The Balaban J connectivity index is 0.000000129. The molecule has 0 radical (unpaired) electrons. The van der Waals surface area contributed by atoms with Crippen LogP contribution in [-0.2, 0) is 49.3 Å². The number of sulfonamides is 3. The highest BCUT2D eigenvalue weighted by molar-refractivity contribution is 7.92. The molecule has 3 amide bonds. The van der Waals surface area contributed by atoms with Gasteiger partial charge in [-0.15, -0.1) is 0 Å². The van der Waals surface area contributed by atoms with Crippen molar-refractivity contribution in [3.8, 4) is 102 Å². The van der Waals surface area contributed by atoms with Gasteiger partial charge >= 0.3 is 0 Å². The normalized spacial score (nSPS) is 15.7. The summed E-state index contributed by atoms with van der Waals surface area (Å²) in [6.07, 6.45) is 3.13. The number of carbonyl (C=O) groups is 3. The van der Waals surface area contributed by atoms with Crippen molar-refractivity contribution in [2.75, 3.05) is 120 Å². The monoisotopic (exact) mass is 2040 g/mol. The van der Waals surface area contributed by atoms with Crippen LogP contribution in [0.15, 0.2) is 232 Å². The van der Waals surface area contributed by atoms with E-state index in [1.54, 1.807) is 97.1 Å². The predicted molar refractivity (Wildman–Crippen MR) is 545 cm³/mol. The minimum absolute atomic E-state index is 0.0915. The van der Waals surface area contributed by atoms with E-state index in [9.17, 15) is 71.1 Å². The van der Waals surface area contributed by atoms with Gasteiger partial charge in [-0.05, 0) is 200 Å². The summed E-state index contributed by atoms with van der Waals surface area (Å²) >= 11 is 0. The Morgan fingerprint density at radius 2 is 0.651 bits per heavy atom. The standard InChI is InChI=1S/2C37H32F3N5O4S.C34H28F2N4O5S/c2*1-41-37(46)34-27-14-26(31(43(2)50(3,47)48)16-33(27)49-36(34)20-7-10-22(38)11-8-20)29-12-9-21-13-24(19-44-17-23(39)18-44)45-30-6-4-5-28(40)25(30)15-32(45)35(21)42-29;1-37-34(42)31-24-14-23(28(39(2)46(3,43)44)16-30(24)45-33(31)18-7-10-20(35)11-8-18)26-12-9-19-13-21(17-41)40-27-6-4-5-25(36)22(27)15-29(40)32(19)38-26/h2*4-12,14-16,23-24H,13,17-19H2,1-3H3,(H,41,46);4-12,14-16,21,41H,13,17H2,1-3H3,(H,37,42). The van der Waals surface area contributed by atoms with E-state index in [1.165, 1.54) is 133 Å². The third-order valence-electron chi connectivity index (χ3n) is 28.0. The molecule has 38 heteroatoms. The molecule has 0 bridgehead atoms. The first kappa shape index (κ1) is 96.8. The lowest BCUT2D eigenvalue weighted by Gasteiger charge is -2.39. The molecule has 0 saturated carbocycles. The summed E-state index contributed by atoms with van der Waals surface area (Å²) < 4.78 is 220. The number of benzene rings is 9. The number of rotatable bonds is 20. The van der Waals surface area contributed by atoms with E-state index < -0.39 is 83.4 Å². The number of hydrogen-bond donors (Lipinski definition) is 4. The number of likely N-dealkylation sites (tertiary alicyclic amines) is 2. The van der Waals surface area contributed by atoms with Crippen molar-refractivity contribution in [1.82, 2.24) is 54.4 Å². The highest BCUT2D eigenvalue weighted by Crippen LogP contribution is 2.51. The second kappa shape index (κ2) is 37.1.